The number of amides is 1. The van der Waals surface area contributed by atoms with E-state index >= 15 is 0 Å². The molecule has 1 amide bonds. The molecule has 2 aliphatic rings. The Morgan fingerprint density at radius 3 is 2.82 bits per heavy atom. The van der Waals surface area contributed by atoms with Crippen molar-refractivity contribution in [3.8, 4) is 0 Å². The van der Waals surface area contributed by atoms with Gasteiger partial charge in [0, 0.05) is 43.1 Å². The highest BCUT2D eigenvalue weighted by Crippen LogP contribution is 2.24. The lowest BCUT2D eigenvalue weighted by Crippen LogP contribution is -2.43. The summed E-state index contributed by atoms with van der Waals surface area (Å²) in [5, 5.41) is 11.2. The monoisotopic (exact) mass is 383 g/mol. The summed E-state index contributed by atoms with van der Waals surface area (Å²) in [5.74, 6) is 0.179. The molecular weight excluding hydrogens is 354 g/mol. The molecule has 6 nitrogen and oxygen atoms in total. The molecule has 1 aromatic heterocycles. The molecule has 0 radical (unpaired) electrons. The van der Waals surface area contributed by atoms with Gasteiger partial charge in [-0.3, -0.25) is 14.5 Å². The van der Waals surface area contributed by atoms with Crippen molar-refractivity contribution < 1.29 is 9.90 Å². The maximum absolute atomic E-state index is 12.8. The molecule has 0 spiro atoms. The highest BCUT2D eigenvalue weighted by molar-refractivity contribution is 5.86. The van der Waals surface area contributed by atoms with Gasteiger partial charge in [-0.05, 0) is 49.4 Å². The summed E-state index contributed by atoms with van der Waals surface area (Å²) >= 11 is 0. The first kappa shape index (κ1) is 19.2. The van der Waals surface area contributed by atoms with Crippen LogP contribution in [-0.2, 0) is 17.8 Å². The van der Waals surface area contributed by atoms with Gasteiger partial charge in [0.05, 0.1) is 6.61 Å². The first-order chi connectivity index (χ1) is 13.7. The van der Waals surface area contributed by atoms with Crippen LogP contribution < -0.4 is 5.56 Å². The predicted octanol–water partition coefficient (Wildman–Crippen LogP) is 2.04. The van der Waals surface area contributed by atoms with Crippen LogP contribution in [0.5, 0.6) is 0 Å². The maximum atomic E-state index is 12.8. The molecule has 3 heterocycles. The van der Waals surface area contributed by atoms with Crippen molar-refractivity contribution in [3.63, 3.8) is 0 Å². The zero-order chi connectivity index (χ0) is 19.5. The third-order valence-corrected chi connectivity index (χ3v) is 6.25. The molecule has 2 aliphatic heterocycles. The first-order valence-corrected chi connectivity index (χ1v) is 10.4. The SMILES string of the molecule is O=C(CCCN1CCCCC1CO)N1CCc2[nH]c(=O)c3ccccc3c2C1. The fourth-order valence-corrected chi connectivity index (χ4v) is 4.66. The molecule has 1 unspecified atom stereocenters. The number of H-pyrrole nitrogens is 1. The van der Waals surface area contributed by atoms with Gasteiger partial charge in [0.15, 0.2) is 0 Å². The Bertz CT molecular complexity index is 908. The van der Waals surface area contributed by atoms with E-state index in [1.54, 1.807) is 0 Å². The molecule has 0 saturated carbocycles. The number of aliphatic hydroxyl groups excluding tert-OH is 1. The van der Waals surface area contributed by atoms with Crippen LogP contribution >= 0.6 is 0 Å². The van der Waals surface area contributed by atoms with E-state index in [4.69, 9.17) is 0 Å². The average Bonchev–Trinajstić information content (AvgIpc) is 2.74. The van der Waals surface area contributed by atoms with Crippen LogP contribution in [-0.4, -0.2) is 58.1 Å². The van der Waals surface area contributed by atoms with Crippen LogP contribution in [0.2, 0.25) is 0 Å². The fourth-order valence-electron chi connectivity index (χ4n) is 4.66. The number of piperidine rings is 1. The van der Waals surface area contributed by atoms with Gasteiger partial charge in [-0.25, -0.2) is 0 Å². The number of likely N-dealkylation sites (tertiary alicyclic amines) is 1. The Kier molecular flexibility index (Phi) is 5.78. The third-order valence-electron chi connectivity index (χ3n) is 6.25. The number of aromatic nitrogens is 1. The van der Waals surface area contributed by atoms with Crippen molar-refractivity contribution >= 4 is 16.7 Å². The molecule has 2 aromatic rings. The summed E-state index contributed by atoms with van der Waals surface area (Å²) in [5.41, 5.74) is 1.99. The van der Waals surface area contributed by atoms with Gasteiger partial charge >= 0.3 is 0 Å². The number of aromatic amines is 1. The molecule has 4 rings (SSSR count). The largest absolute Gasteiger partial charge is 0.395 e. The Labute approximate surface area is 165 Å². The van der Waals surface area contributed by atoms with Crippen LogP contribution in [0.1, 0.15) is 43.4 Å². The van der Waals surface area contributed by atoms with E-state index in [1.165, 1.54) is 12.8 Å². The zero-order valence-electron chi connectivity index (χ0n) is 16.3. The Balaban J connectivity index is 1.39. The second-order valence-electron chi connectivity index (χ2n) is 7.99. The molecule has 0 bridgehead atoms. The summed E-state index contributed by atoms with van der Waals surface area (Å²) in [6, 6.07) is 7.89. The fraction of sp³-hybridized carbons (Fsp3) is 0.545. The number of fused-ring (bicyclic) bond motifs is 3. The second kappa shape index (κ2) is 8.45. The standard InChI is InChI=1S/C22H29N3O3/c26-15-16-6-3-4-11-24(16)12-5-9-21(27)25-13-10-20-19(14-25)17-7-1-2-8-18(17)22(28)23-20/h1-2,7-8,16,26H,3-6,9-15H2,(H,23,28). The average molecular weight is 383 g/mol. The molecule has 6 heteroatoms. The van der Waals surface area contributed by atoms with E-state index in [2.05, 4.69) is 9.88 Å². The van der Waals surface area contributed by atoms with E-state index in [0.717, 1.165) is 42.6 Å². The van der Waals surface area contributed by atoms with Gasteiger partial charge in [-0.1, -0.05) is 24.6 Å². The number of nitrogens with zero attached hydrogens (tertiary/aromatic N) is 2. The number of hydrogen-bond acceptors (Lipinski definition) is 4. The summed E-state index contributed by atoms with van der Waals surface area (Å²) in [6.45, 7) is 3.33. The molecular formula is C22H29N3O3. The van der Waals surface area contributed by atoms with Crippen LogP contribution in [0.3, 0.4) is 0 Å². The Morgan fingerprint density at radius 1 is 1.18 bits per heavy atom. The molecule has 2 N–H and O–H groups in total. The minimum Gasteiger partial charge on any atom is -0.395 e. The molecule has 150 valence electrons. The predicted molar refractivity (Wildman–Crippen MR) is 109 cm³/mol. The van der Waals surface area contributed by atoms with Gasteiger partial charge in [0.1, 0.15) is 0 Å². The van der Waals surface area contributed by atoms with Crippen molar-refractivity contribution in [1.82, 2.24) is 14.8 Å². The van der Waals surface area contributed by atoms with E-state index < -0.39 is 0 Å². The number of nitrogens with one attached hydrogen (secondary N) is 1. The number of carbonyl (C=O) groups excluding carboxylic acids is 1. The number of pyridine rings is 1. The smallest absolute Gasteiger partial charge is 0.256 e. The molecule has 28 heavy (non-hydrogen) atoms. The number of benzene rings is 1. The van der Waals surface area contributed by atoms with E-state index in [9.17, 15) is 14.7 Å². The van der Waals surface area contributed by atoms with Crippen molar-refractivity contribution in [2.45, 2.75) is 51.1 Å². The Hall–Kier alpha value is -2.18. The minimum atomic E-state index is -0.0471. The number of hydrogen-bond donors (Lipinski definition) is 2. The third kappa shape index (κ3) is 3.84. The zero-order valence-corrected chi connectivity index (χ0v) is 16.3. The molecule has 1 fully saturated rings. The summed E-state index contributed by atoms with van der Waals surface area (Å²) in [4.78, 5) is 32.3. The Morgan fingerprint density at radius 2 is 2.00 bits per heavy atom. The van der Waals surface area contributed by atoms with Gasteiger partial charge in [-0.2, -0.15) is 0 Å². The molecule has 1 aromatic carbocycles. The van der Waals surface area contributed by atoms with Crippen LogP contribution in [0, 0.1) is 0 Å². The topological polar surface area (TPSA) is 76.6 Å². The van der Waals surface area contributed by atoms with Crippen LogP contribution in [0.4, 0.5) is 0 Å². The van der Waals surface area contributed by atoms with Crippen LogP contribution in [0.25, 0.3) is 10.8 Å². The number of carbonyl (C=O) groups is 1. The minimum absolute atomic E-state index is 0.0471. The lowest BCUT2D eigenvalue weighted by atomic mass is 9.98. The highest BCUT2D eigenvalue weighted by atomic mass is 16.3. The van der Waals surface area contributed by atoms with Gasteiger partial charge in [0.25, 0.3) is 5.56 Å². The summed E-state index contributed by atoms with van der Waals surface area (Å²) in [6.07, 6.45) is 5.47. The molecule has 0 aliphatic carbocycles. The van der Waals surface area contributed by atoms with E-state index in [-0.39, 0.29) is 24.1 Å². The maximum Gasteiger partial charge on any atom is 0.256 e. The van der Waals surface area contributed by atoms with Crippen LogP contribution in [0.15, 0.2) is 29.1 Å². The second-order valence-corrected chi connectivity index (χ2v) is 7.99. The van der Waals surface area contributed by atoms with Crippen molar-refractivity contribution in [1.29, 1.82) is 0 Å². The van der Waals surface area contributed by atoms with E-state index in [0.29, 0.717) is 31.3 Å². The number of rotatable bonds is 5. The molecule has 1 atom stereocenters. The van der Waals surface area contributed by atoms with E-state index in [1.807, 2.05) is 29.2 Å². The van der Waals surface area contributed by atoms with Gasteiger partial charge < -0.3 is 15.0 Å². The summed E-state index contributed by atoms with van der Waals surface area (Å²) in [7, 11) is 0. The first-order valence-electron chi connectivity index (χ1n) is 10.4. The van der Waals surface area contributed by atoms with Gasteiger partial charge in [0.2, 0.25) is 5.91 Å². The lowest BCUT2D eigenvalue weighted by Gasteiger charge is -2.34. The van der Waals surface area contributed by atoms with Crippen molar-refractivity contribution in [2.75, 3.05) is 26.2 Å². The molecule has 1 saturated heterocycles. The lowest BCUT2D eigenvalue weighted by molar-refractivity contribution is -0.132. The normalized spacial score (nSPS) is 20.3. The van der Waals surface area contributed by atoms with Crippen molar-refractivity contribution in [2.24, 2.45) is 0 Å². The highest BCUT2D eigenvalue weighted by Gasteiger charge is 2.25. The quantitative estimate of drug-likeness (QED) is 0.828. The number of aliphatic hydroxyl groups is 1. The van der Waals surface area contributed by atoms with Gasteiger partial charge in [-0.15, -0.1) is 0 Å². The summed E-state index contributed by atoms with van der Waals surface area (Å²) < 4.78 is 0. The van der Waals surface area contributed by atoms with Crippen molar-refractivity contribution in [3.05, 3.63) is 45.9 Å².